The summed E-state index contributed by atoms with van der Waals surface area (Å²) in [5.74, 6) is 0.611. The van der Waals surface area contributed by atoms with E-state index in [-0.39, 0.29) is 0 Å². The summed E-state index contributed by atoms with van der Waals surface area (Å²) in [6.07, 6.45) is 0. The van der Waals surface area contributed by atoms with E-state index in [9.17, 15) is 0 Å². The van der Waals surface area contributed by atoms with Crippen molar-refractivity contribution in [2.24, 2.45) is 4.99 Å². The van der Waals surface area contributed by atoms with Crippen molar-refractivity contribution in [1.29, 1.82) is 0 Å². The topological polar surface area (TPSA) is 30.8 Å². The maximum absolute atomic E-state index is 4.89. The molecule has 0 radical (unpaired) electrons. The first kappa shape index (κ1) is 9.68. The Kier molecular flexibility index (Phi) is 2.33. The van der Waals surface area contributed by atoms with E-state index in [1.165, 1.54) is 0 Å². The Bertz CT molecular complexity index is 370. The molecule has 2 rings (SSSR count). The normalized spacial score (nSPS) is 21.5. The van der Waals surface area contributed by atoms with Crippen LogP contribution in [0, 0.1) is 0 Å². The highest BCUT2D eigenvalue weighted by atomic mass is 79.9. The van der Waals surface area contributed by atoms with Gasteiger partial charge in [-0.2, -0.15) is 4.89 Å². The lowest BCUT2D eigenvalue weighted by Crippen LogP contribution is -2.47. The van der Waals surface area contributed by atoms with Gasteiger partial charge in [0.15, 0.2) is 5.60 Å². The van der Waals surface area contributed by atoms with E-state index in [1.54, 1.807) is 0 Å². The highest BCUT2D eigenvalue weighted by Gasteiger charge is 2.41. The van der Waals surface area contributed by atoms with E-state index in [0.717, 1.165) is 10.2 Å². The van der Waals surface area contributed by atoms with Gasteiger partial charge in [0.05, 0.1) is 5.69 Å². The SMILES string of the molecule is CC1(C)OOC1=Nc1ccc(Br)cc1. The Morgan fingerprint density at radius 1 is 1.21 bits per heavy atom. The van der Waals surface area contributed by atoms with Crippen LogP contribution in [-0.2, 0) is 9.78 Å². The Morgan fingerprint density at radius 3 is 2.29 bits per heavy atom. The summed E-state index contributed by atoms with van der Waals surface area (Å²) in [5.41, 5.74) is 0.465. The monoisotopic (exact) mass is 255 g/mol. The molecule has 0 bridgehead atoms. The van der Waals surface area contributed by atoms with Gasteiger partial charge >= 0.3 is 0 Å². The summed E-state index contributed by atoms with van der Waals surface area (Å²) in [4.78, 5) is 14.0. The van der Waals surface area contributed by atoms with Crippen LogP contribution in [0.5, 0.6) is 0 Å². The predicted octanol–water partition coefficient (Wildman–Crippen LogP) is 3.22. The summed E-state index contributed by atoms with van der Waals surface area (Å²) >= 11 is 3.36. The number of hydrogen-bond donors (Lipinski definition) is 0. The summed E-state index contributed by atoms with van der Waals surface area (Å²) in [7, 11) is 0. The Balaban J connectivity index is 2.22. The van der Waals surface area contributed by atoms with Crippen molar-refractivity contribution in [1.82, 2.24) is 0 Å². The number of rotatable bonds is 1. The largest absolute Gasteiger partial charge is 0.317 e. The zero-order chi connectivity index (χ0) is 10.2. The predicted molar refractivity (Wildman–Crippen MR) is 57.5 cm³/mol. The van der Waals surface area contributed by atoms with Crippen molar-refractivity contribution in [3.8, 4) is 0 Å². The Labute approximate surface area is 90.8 Å². The van der Waals surface area contributed by atoms with Crippen LogP contribution in [0.2, 0.25) is 0 Å². The number of halogens is 1. The number of benzene rings is 1. The van der Waals surface area contributed by atoms with E-state index in [1.807, 2.05) is 38.1 Å². The number of nitrogens with zero attached hydrogens (tertiary/aromatic N) is 1. The molecule has 0 atom stereocenters. The fourth-order valence-electron chi connectivity index (χ4n) is 1.03. The molecule has 4 heteroatoms. The molecular formula is C10H10BrNO2. The van der Waals surface area contributed by atoms with Crippen LogP contribution in [0.15, 0.2) is 33.7 Å². The lowest BCUT2D eigenvalue weighted by atomic mass is 10.1. The first-order chi connectivity index (χ1) is 6.58. The van der Waals surface area contributed by atoms with Gasteiger partial charge in [-0.05, 0) is 38.1 Å². The van der Waals surface area contributed by atoms with Crippen molar-refractivity contribution in [3.05, 3.63) is 28.7 Å². The third-order valence-corrected chi connectivity index (χ3v) is 2.43. The second-order valence-corrected chi connectivity index (χ2v) is 4.49. The molecule has 1 heterocycles. The van der Waals surface area contributed by atoms with Crippen LogP contribution in [0.1, 0.15) is 13.8 Å². The van der Waals surface area contributed by atoms with Crippen LogP contribution in [-0.4, -0.2) is 11.5 Å². The van der Waals surface area contributed by atoms with E-state index < -0.39 is 5.60 Å². The third kappa shape index (κ3) is 1.81. The molecule has 1 aromatic rings. The second kappa shape index (κ2) is 3.37. The molecule has 0 N–H and O–H groups in total. The lowest BCUT2D eigenvalue weighted by molar-refractivity contribution is -0.345. The van der Waals surface area contributed by atoms with Crippen LogP contribution >= 0.6 is 15.9 Å². The summed E-state index contributed by atoms with van der Waals surface area (Å²) in [6, 6.07) is 7.70. The molecular weight excluding hydrogens is 246 g/mol. The summed E-state index contributed by atoms with van der Waals surface area (Å²) in [6.45, 7) is 3.82. The molecule has 1 aromatic carbocycles. The fourth-order valence-corrected chi connectivity index (χ4v) is 1.30. The molecule has 1 aliphatic heterocycles. The van der Waals surface area contributed by atoms with Gasteiger partial charge in [-0.15, -0.1) is 0 Å². The molecule has 0 unspecified atom stereocenters. The minimum absolute atomic E-state index is 0.396. The van der Waals surface area contributed by atoms with Gasteiger partial charge in [0.25, 0.3) is 5.90 Å². The standard InChI is InChI=1S/C10H10BrNO2/c1-10(2)9(13-14-10)12-8-5-3-7(11)4-6-8/h3-6H,1-2H3. The molecule has 1 fully saturated rings. The van der Waals surface area contributed by atoms with Crippen molar-refractivity contribution in [2.45, 2.75) is 19.4 Å². The molecule has 0 saturated carbocycles. The minimum atomic E-state index is -0.396. The first-order valence-corrected chi connectivity index (χ1v) is 5.08. The van der Waals surface area contributed by atoms with Gasteiger partial charge in [0.1, 0.15) is 0 Å². The maximum atomic E-state index is 4.89. The molecule has 0 spiro atoms. The van der Waals surface area contributed by atoms with E-state index in [2.05, 4.69) is 20.9 Å². The van der Waals surface area contributed by atoms with E-state index in [4.69, 9.17) is 9.78 Å². The van der Waals surface area contributed by atoms with Gasteiger partial charge in [-0.25, -0.2) is 4.99 Å². The quantitative estimate of drug-likeness (QED) is 0.722. The van der Waals surface area contributed by atoms with Gasteiger partial charge in [0.2, 0.25) is 0 Å². The molecule has 0 amide bonds. The zero-order valence-corrected chi connectivity index (χ0v) is 9.54. The lowest BCUT2D eigenvalue weighted by Gasteiger charge is -2.33. The highest BCUT2D eigenvalue weighted by molar-refractivity contribution is 9.10. The van der Waals surface area contributed by atoms with Gasteiger partial charge in [0, 0.05) is 4.47 Å². The zero-order valence-electron chi connectivity index (χ0n) is 7.95. The van der Waals surface area contributed by atoms with Crippen LogP contribution in [0.25, 0.3) is 0 Å². The maximum Gasteiger partial charge on any atom is 0.268 e. The second-order valence-electron chi connectivity index (χ2n) is 3.57. The van der Waals surface area contributed by atoms with E-state index in [0.29, 0.717) is 5.90 Å². The molecule has 14 heavy (non-hydrogen) atoms. The summed E-state index contributed by atoms with van der Waals surface area (Å²) in [5, 5.41) is 0. The molecule has 0 aromatic heterocycles. The van der Waals surface area contributed by atoms with E-state index >= 15 is 0 Å². The van der Waals surface area contributed by atoms with Gasteiger partial charge in [-0.1, -0.05) is 15.9 Å². The van der Waals surface area contributed by atoms with Crippen molar-refractivity contribution in [2.75, 3.05) is 0 Å². The van der Waals surface area contributed by atoms with Crippen molar-refractivity contribution >= 4 is 27.5 Å². The van der Waals surface area contributed by atoms with Gasteiger partial charge < -0.3 is 4.89 Å². The highest BCUT2D eigenvalue weighted by Crippen LogP contribution is 2.27. The molecule has 74 valence electrons. The first-order valence-electron chi connectivity index (χ1n) is 4.28. The third-order valence-electron chi connectivity index (χ3n) is 1.90. The number of aliphatic imine (C=N–C) groups is 1. The Hall–Kier alpha value is -0.870. The molecule has 3 nitrogen and oxygen atoms in total. The van der Waals surface area contributed by atoms with Crippen LogP contribution < -0.4 is 0 Å². The average molecular weight is 256 g/mol. The van der Waals surface area contributed by atoms with Gasteiger partial charge in [-0.3, -0.25) is 0 Å². The van der Waals surface area contributed by atoms with Crippen LogP contribution in [0.4, 0.5) is 5.69 Å². The average Bonchev–Trinajstić information content (AvgIpc) is 2.15. The van der Waals surface area contributed by atoms with Crippen molar-refractivity contribution < 1.29 is 9.78 Å². The van der Waals surface area contributed by atoms with Crippen LogP contribution in [0.3, 0.4) is 0 Å². The Morgan fingerprint density at radius 2 is 1.86 bits per heavy atom. The molecule has 1 aliphatic rings. The molecule has 0 aliphatic carbocycles. The smallest absolute Gasteiger partial charge is 0.268 e. The minimum Gasteiger partial charge on any atom is -0.317 e. The fraction of sp³-hybridized carbons (Fsp3) is 0.300. The molecule has 1 saturated heterocycles. The van der Waals surface area contributed by atoms with Crippen molar-refractivity contribution in [3.63, 3.8) is 0 Å². The summed E-state index contributed by atoms with van der Waals surface area (Å²) < 4.78 is 1.03. The number of hydrogen-bond acceptors (Lipinski definition) is 3.